The Bertz CT molecular complexity index is 1050. The van der Waals surface area contributed by atoms with E-state index in [2.05, 4.69) is 16.7 Å². The van der Waals surface area contributed by atoms with Gasteiger partial charge in [-0.15, -0.1) is 0 Å². The number of nitriles is 1. The van der Waals surface area contributed by atoms with Gasteiger partial charge in [-0.25, -0.2) is 4.39 Å². The summed E-state index contributed by atoms with van der Waals surface area (Å²) in [6.45, 7) is 1.95. The fourth-order valence-electron chi connectivity index (χ4n) is 4.00. The molecular weight excluding hydrogens is 429 g/mol. The molecule has 4 rings (SSSR count). The minimum atomic E-state index is -0.748. The van der Waals surface area contributed by atoms with Gasteiger partial charge in [0.25, 0.3) is 0 Å². The molecule has 2 N–H and O–H groups in total. The van der Waals surface area contributed by atoms with E-state index in [1.165, 1.54) is 19.1 Å². The first-order valence-electron chi connectivity index (χ1n) is 10.4. The molecule has 2 aromatic rings. The van der Waals surface area contributed by atoms with Crippen molar-refractivity contribution in [3.63, 3.8) is 0 Å². The van der Waals surface area contributed by atoms with E-state index in [9.17, 15) is 19.2 Å². The largest absolute Gasteiger partial charge is 0.352 e. The van der Waals surface area contributed by atoms with E-state index in [1.807, 2.05) is 23.9 Å². The van der Waals surface area contributed by atoms with Crippen molar-refractivity contribution in [1.29, 1.82) is 5.26 Å². The molecule has 1 saturated heterocycles. The number of hydrogen-bond acceptors (Lipinski definition) is 6. The van der Waals surface area contributed by atoms with Gasteiger partial charge in [-0.05, 0) is 66.3 Å². The molecule has 2 aliphatic heterocycles. The second-order valence-corrected chi connectivity index (χ2v) is 9.08. The quantitative estimate of drug-likeness (QED) is 0.694. The zero-order valence-corrected chi connectivity index (χ0v) is 18.5. The zero-order chi connectivity index (χ0) is 22.7. The van der Waals surface area contributed by atoms with Gasteiger partial charge in [0, 0.05) is 24.8 Å². The maximum Gasteiger partial charge on any atom is 0.246 e. The van der Waals surface area contributed by atoms with E-state index in [-0.39, 0.29) is 18.4 Å². The van der Waals surface area contributed by atoms with Crippen LogP contribution in [-0.4, -0.2) is 42.6 Å². The fraction of sp³-hybridized carbons (Fsp3) is 0.348. The molecule has 0 bridgehead atoms. The lowest BCUT2D eigenvalue weighted by Gasteiger charge is -2.29. The standard InChI is InChI=1S/C23H24FN5O2S/c1-15(30)26-18-3-5-19(6-4-18)28(12-16-8-9-32-14-16)23(31)13-29-21-10-17(24)2-7-20(21)27-22(29)11-25/h2-7,10,16,22,27H,8-9,12-14H2,1H3,(H,26,30). The average molecular weight is 454 g/mol. The van der Waals surface area contributed by atoms with Crippen molar-refractivity contribution in [3.8, 4) is 6.07 Å². The van der Waals surface area contributed by atoms with Crippen molar-refractivity contribution in [1.82, 2.24) is 0 Å². The van der Waals surface area contributed by atoms with E-state index in [0.717, 1.165) is 23.6 Å². The number of rotatable bonds is 6. The van der Waals surface area contributed by atoms with Crippen LogP contribution in [0.15, 0.2) is 42.5 Å². The lowest BCUT2D eigenvalue weighted by Crippen LogP contribution is -2.46. The average Bonchev–Trinajstić information content (AvgIpc) is 3.40. The van der Waals surface area contributed by atoms with Crippen LogP contribution in [0.2, 0.25) is 0 Å². The number of anilines is 4. The Kier molecular flexibility index (Phi) is 6.51. The van der Waals surface area contributed by atoms with Crippen LogP contribution in [0.3, 0.4) is 0 Å². The molecule has 0 spiro atoms. The third-order valence-electron chi connectivity index (χ3n) is 5.57. The Morgan fingerprint density at radius 1 is 1.31 bits per heavy atom. The van der Waals surface area contributed by atoms with Gasteiger partial charge in [0.15, 0.2) is 6.17 Å². The predicted octanol–water partition coefficient (Wildman–Crippen LogP) is 3.65. The minimum Gasteiger partial charge on any atom is -0.352 e. The lowest BCUT2D eigenvalue weighted by molar-refractivity contribution is -0.117. The van der Waals surface area contributed by atoms with E-state index >= 15 is 0 Å². The summed E-state index contributed by atoms with van der Waals surface area (Å²) in [6.07, 6.45) is 0.292. The summed E-state index contributed by atoms with van der Waals surface area (Å²) in [5.41, 5.74) is 2.51. The number of carbonyl (C=O) groups excluding carboxylic acids is 2. The summed E-state index contributed by atoms with van der Waals surface area (Å²) in [7, 11) is 0. The molecule has 1 fully saturated rings. The summed E-state index contributed by atoms with van der Waals surface area (Å²) in [5, 5.41) is 15.3. The van der Waals surface area contributed by atoms with Gasteiger partial charge in [0.2, 0.25) is 11.8 Å². The Labute approximate surface area is 190 Å². The van der Waals surface area contributed by atoms with E-state index in [4.69, 9.17) is 0 Å². The van der Waals surface area contributed by atoms with Crippen LogP contribution in [0.25, 0.3) is 0 Å². The van der Waals surface area contributed by atoms with Crippen molar-refractivity contribution < 1.29 is 14.0 Å². The first-order chi connectivity index (χ1) is 15.4. The topological polar surface area (TPSA) is 88.5 Å². The molecule has 166 valence electrons. The Balaban J connectivity index is 1.58. The molecule has 2 aromatic carbocycles. The number of benzene rings is 2. The molecule has 0 aromatic heterocycles. The molecule has 2 atom stereocenters. The summed E-state index contributed by atoms with van der Waals surface area (Å²) < 4.78 is 13.9. The number of amides is 2. The number of nitrogens with one attached hydrogen (secondary N) is 2. The molecular formula is C23H24FN5O2S. The second-order valence-electron chi connectivity index (χ2n) is 7.93. The lowest BCUT2D eigenvalue weighted by atomic mass is 10.1. The van der Waals surface area contributed by atoms with Gasteiger partial charge < -0.3 is 20.4 Å². The third kappa shape index (κ3) is 4.81. The van der Waals surface area contributed by atoms with Crippen LogP contribution >= 0.6 is 11.8 Å². The first-order valence-corrected chi connectivity index (χ1v) is 11.6. The highest BCUT2D eigenvalue weighted by Gasteiger charge is 2.33. The summed E-state index contributed by atoms with van der Waals surface area (Å²) in [6, 6.07) is 13.5. The molecule has 0 saturated carbocycles. The molecule has 32 heavy (non-hydrogen) atoms. The van der Waals surface area contributed by atoms with Gasteiger partial charge in [0.1, 0.15) is 18.4 Å². The summed E-state index contributed by atoms with van der Waals surface area (Å²) in [5.74, 6) is 1.69. The highest BCUT2D eigenvalue weighted by Crippen LogP contribution is 2.35. The normalized spacial score (nSPS) is 19.1. The Morgan fingerprint density at radius 2 is 2.09 bits per heavy atom. The number of fused-ring (bicyclic) bond motifs is 1. The zero-order valence-electron chi connectivity index (χ0n) is 17.7. The van der Waals surface area contributed by atoms with Crippen molar-refractivity contribution >= 4 is 46.3 Å². The number of thioether (sulfide) groups is 1. The number of halogens is 1. The second kappa shape index (κ2) is 9.49. The Hall–Kier alpha value is -3.25. The summed E-state index contributed by atoms with van der Waals surface area (Å²) >= 11 is 1.88. The first kappa shape index (κ1) is 22.0. The van der Waals surface area contributed by atoms with Crippen LogP contribution in [0.4, 0.5) is 27.1 Å². The highest BCUT2D eigenvalue weighted by atomic mass is 32.2. The molecule has 2 aliphatic rings. The van der Waals surface area contributed by atoms with Gasteiger partial charge in [-0.3, -0.25) is 9.59 Å². The van der Waals surface area contributed by atoms with Crippen molar-refractivity contribution in [2.45, 2.75) is 19.5 Å². The molecule has 0 aliphatic carbocycles. The molecule has 2 unspecified atom stereocenters. The molecule has 0 radical (unpaired) electrons. The van der Waals surface area contributed by atoms with Gasteiger partial charge in [-0.1, -0.05) is 0 Å². The number of carbonyl (C=O) groups is 2. The van der Waals surface area contributed by atoms with E-state index in [1.54, 1.807) is 28.0 Å². The number of nitrogens with zero attached hydrogens (tertiary/aromatic N) is 3. The van der Waals surface area contributed by atoms with Crippen LogP contribution in [-0.2, 0) is 9.59 Å². The van der Waals surface area contributed by atoms with Crippen molar-refractivity contribution in [2.24, 2.45) is 5.92 Å². The van der Waals surface area contributed by atoms with E-state index < -0.39 is 12.0 Å². The van der Waals surface area contributed by atoms with Gasteiger partial charge >= 0.3 is 0 Å². The maximum atomic E-state index is 13.9. The van der Waals surface area contributed by atoms with Crippen LogP contribution in [0.5, 0.6) is 0 Å². The molecule has 2 heterocycles. The fourth-order valence-corrected chi connectivity index (χ4v) is 5.28. The van der Waals surface area contributed by atoms with Gasteiger partial charge in [0.05, 0.1) is 11.4 Å². The third-order valence-corrected chi connectivity index (χ3v) is 6.80. The van der Waals surface area contributed by atoms with E-state index in [0.29, 0.717) is 29.5 Å². The summed E-state index contributed by atoms with van der Waals surface area (Å²) in [4.78, 5) is 28.1. The monoisotopic (exact) mass is 453 g/mol. The van der Waals surface area contributed by atoms with Crippen LogP contribution in [0, 0.1) is 23.1 Å². The maximum absolute atomic E-state index is 13.9. The van der Waals surface area contributed by atoms with Crippen LogP contribution in [0.1, 0.15) is 13.3 Å². The van der Waals surface area contributed by atoms with Crippen molar-refractivity contribution in [2.75, 3.05) is 45.0 Å². The number of hydrogen-bond donors (Lipinski definition) is 2. The molecule has 7 nitrogen and oxygen atoms in total. The molecule has 9 heteroatoms. The smallest absolute Gasteiger partial charge is 0.246 e. The highest BCUT2D eigenvalue weighted by molar-refractivity contribution is 7.99. The minimum absolute atomic E-state index is 0.0605. The van der Waals surface area contributed by atoms with Crippen molar-refractivity contribution in [3.05, 3.63) is 48.3 Å². The SMILES string of the molecule is CC(=O)Nc1ccc(N(CC2CCSC2)C(=O)CN2c3cc(F)ccc3NC2C#N)cc1. The van der Waals surface area contributed by atoms with Crippen LogP contribution < -0.4 is 20.4 Å². The molecule has 2 amide bonds. The van der Waals surface area contributed by atoms with Gasteiger partial charge in [-0.2, -0.15) is 17.0 Å². The Morgan fingerprint density at radius 3 is 2.75 bits per heavy atom. The predicted molar refractivity (Wildman–Crippen MR) is 125 cm³/mol.